The molecule has 1 aromatic rings. The summed E-state index contributed by atoms with van der Waals surface area (Å²) in [4.78, 5) is 18.4. The van der Waals surface area contributed by atoms with Gasteiger partial charge in [0.25, 0.3) is 5.91 Å². The van der Waals surface area contributed by atoms with Gasteiger partial charge in [0.15, 0.2) is 0 Å². The number of likely N-dealkylation sites (tertiary alicyclic amines) is 1. The first-order chi connectivity index (χ1) is 10.4. The van der Waals surface area contributed by atoms with E-state index < -0.39 is 10.0 Å². The fourth-order valence-electron chi connectivity index (χ4n) is 2.57. The Kier molecular flexibility index (Phi) is 5.36. The number of sulfonamides is 1. The molecule has 1 atom stereocenters. The lowest BCUT2D eigenvalue weighted by Crippen LogP contribution is -2.43. The van der Waals surface area contributed by atoms with E-state index in [4.69, 9.17) is 4.74 Å². The molecule has 22 heavy (non-hydrogen) atoms. The molecule has 8 heteroatoms. The van der Waals surface area contributed by atoms with Gasteiger partial charge in [-0.05, 0) is 30.9 Å². The summed E-state index contributed by atoms with van der Waals surface area (Å²) >= 11 is 0. The number of carbonyl (C=O) groups excluding carboxylic acids is 1. The van der Waals surface area contributed by atoms with Crippen LogP contribution in [0.4, 0.5) is 0 Å². The maximum Gasteiger partial charge on any atom is 0.259 e. The first kappa shape index (κ1) is 16.7. The molecular weight excluding hydrogens is 306 g/mol. The Morgan fingerprint density at radius 1 is 1.55 bits per heavy atom. The van der Waals surface area contributed by atoms with Crippen LogP contribution in [0, 0.1) is 5.92 Å². The van der Waals surface area contributed by atoms with Crippen LogP contribution in [0.25, 0.3) is 0 Å². The summed E-state index contributed by atoms with van der Waals surface area (Å²) in [5, 5.41) is 0. The number of pyridine rings is 1. The van der Waals surface area contributed by atoms with Crippen LogP contribution in [-0.2, 0) is 10.0 Å². The molecule has 2 heterocycles. The Bertz CT molecular complexity index is 633. The van der Waals surface area contributed by atoms with Crippen LogP contribution in [0.2, 0.25) is 0 Å². The smallest absolute Gasteiger partial charge is 0.259 e. The number of hydrogen-bond acceptors (Lipinski definition) is 5. The molecule has 0 aliphatic carbocycles. The molecule has 2 rings (SSSR count). The first-order valence-corrected chi connectivity index (χ1v) is 9.03. The van der Waals surface area contributed by atoms with Crippen LogP contribution in [0.1, 0.15) is 23.2 Å². The number of ether oxygens (including phenoxy) is 1. The van der Waals surface area contributed by atoms with Gasteiger partial charge in [-0.2, -0.15) is 0 Å². The summed E-state index contributed by atoms with van der Waals surface area (Å²) in [6.45, 7) is 1.54. The number of methoxy groups -OCH3 is 1. The average Bonchev–Trinajstić information content (AvgIpc) is 2.52. The standard InChI is InChI=1S/C14H21N3O4S/c1-21-13-12(6-3-7-15-13)14(18)17-8-4-5-11(10-17)9-16-22(2,19)20/h3,6-7,11,16H,4-5,8-10H2,1-2H3/t11-/m0/s1. The second-order valence-corrected chi connectivity index (χ2v) is 7.27. The first-order valence-electron chi connectivity index (χ1n) is 7.13. The molecule has 0 bridgehead atoms. The Morgan fingerprint density at radius 3 is 3.00 bits per heavy atom. The predicted molar refractivity (Wildman–Crippen MR) is 82.3 cm³/mol. The van der Waals surface area contributed by atoms with Crippen molar-refractivity contribution in [1.82, 2.24) is 14.6 Å². The van der Waals surface area contributed by atoms with Gasteiger partial charge in [0.1, 0.15) is 5.56 Å². The van der Waals surface area contributed by atoms with Gasteiger partial charge in [0.05, 0.1) is 13.4 Å². The lowest BCUT2D eigenvalue weighted by Gasteiger charge is -2.33. The molecule has 0 radical (unpaired) electrons. The monoisotopic (exact) mass is 327 g/mol. The summed E-state index contributed by atoms with van der Waals surface area (Å²) in [6.07, 6.45) is 4.46. The average molecular weight is 327 g/mol. The molecule has 1 aliphatic heterocycles. The fourth-order valence-corrected chi connectivity index (χ4v) is 3.11. The summed E-state index contributed by atoms with van der Waals surface area (Å²) in [5.74, 6) is 0.299. The van der Waals surface area contributed by atoms with Gasteiger partial charge in [-0.3, -0.25) is 4.79 Å². The highest BCUT2D eigenvalue weighted by molar-refractivity contribution is 7.88. The number of carbonyl (C=O) groups is 1. The zero-order chi connectivity index (χ0) is 16.2. The van der Waals surface area contributed by atoms with Crippen LogP contribution in [-0.4, -0.2) is 57.2 Å². The molecule has 1 aromatic heterocycles. The van der Waals surface area contributed by atoms with E-state index in [1.165, 1.54) is 7.11 Å². The minimum absolute atomic E-state index is 0.120. The van der Waals surface area contributed by atoms with Crippen LogP contribution < -0.4 is 9.46 Å². The Morgan fingerprint density at radius 2 is 2.32 bits per heavy atom. The quantitative estimate of drug-likeness (QED) is 0.850. The van der Waals surface area contributed by atoms with E-state index in [0.717, 1.165) is 19.1 Å². The number of nitrogens with zero attached hydrogens (tertiary/aromatic N) is 2. The van der Waals surface area contributed by atoms with Crippen molar-refractivity contribution >= 4 is 15.9 Å². The molecular formula is C14H21N3O4S. The molecule has 1 aliphatic rings. The van der Waals surface area contributed by atoms with E-state index in [-0.39, 0.29) is 11.8 Å². The fraction of sp³-hybridized carbons (Fsp3) is 0.571. The topological polar surface area (TPSA) is 88.6 Å². The summed E-state index contributed by atoms with van der Waals surface area (Å²) in [6, 6.07) is 3.38. The number of amides is 1. The van der Waals surface area contributed by atoms with Gasteiger partial charge >= 0.3 is 0 Å². The van der Waals surface area contributed by atoms with E-state index in [9.17, 15) is 13.2 Å². The number of rotatable bonds is 5. The largest absolute Gasteiger partial charge is 0.480 e. The van der Waals surface area contributed by atoms with Gasteiger partial charge in [-0.25, -0.2) is 18.1 Å². The minimum Gasteiger partial charge on any atom is -0.480 e. The number of piperidine rings is 1. The molecule has 1 amide bonds. The molecule has 1 fully saturated rings. The number of hydrogen-bond donors (Lipinski definition) is 1. The zero-order valence-electron chi connectivity index (χ0n) is 12.8. The molecule has 7 nitrogen and oxygen atoms in total. The Balaban J connectivity index is 2.04. The van der Waals surface area contributed by atoms with E-state index in [2.05, 4.69) is 9.71 Å². The third-order valence-electron chi connectivity index (χ3n) is 3.64. The van der Waals surface area contributed by atoms with Crippen LogP contribution in [0.5, 0.6) is 5.88 Å². The van der Waals surface area contributed by atoms with Gasteiger partial charge in [-0.15, -0.1) is 0 Å². The molecule has 0 spiro atoms. The highest BCUT2D eigenvalue weighted by atomic mass is 32.2. The number of nitrogens with one attached hydrogen (secondary N) is 1. The Labute approximate surface area is 130 Å². The third-order valence-corrected chi connectivity index (χ3v) is 4.33. The van der Waals surface area contributed by atoms with E-state index in [0.29, 0.717) is 31.1 Å². The van der Waals surface area contributed by atoms with Crippen molar-refractivity contribution in [2.45, 2.75) is 12.8 Å². The highest BCUT2D eigenvalue weighted by Gasteiger charge is 2.26. The summed E-state index contributed by atoms with van der Waals surface area (Å²) < 4.78 is 30.0. The minimum atomic E-state index is -3.21. The molecule has 1 N–H and O–H groups in total. The predicted octanol–water partition coefficient (Wildman–Crippen LogP) is 0.492. The van der Waals surface area contributed by atoms with Crippen molar-refractivity contribution in [3.05, 3.63) is 23.9 Å². The van der Waals surface area contributed by atoms with Gasteiger partial charge in [0.2, 0.25) is 15.9 Å². The second kappa shape index (κ2) is 7.06. The van der Waals surface area contributed by atoms with Crippen molar-refractivity contribution in [2.75, 3.05) is 33.0 Å². The van der Waals surface area contributed by atoms with E-state index in [1.807, 2.05) is 0 Å². The van der Waals surface area contributed by atoms with Crippen LogP contribution in [0.15, 0.2) is 18.3 Å². The van der Waals surface area contributed by atoms with E-state index in [1.54, 1.807) is 23.2 Å². The highest BCUT2D eigenvalue weighted by Crippen LogP contribution is 2.21. The van der Waals surface area contributed by atoms with Gasteiger partial charge in [0, 0.05) is 25.8 Å². The SMILES string of the molecule is COc1ncccc1C(=O)N1CCC[C@@H](CNS(C)(=O)=O)C1. The van der Waals surface area contributed by atoms with Gasteiger partial charge < -0.3 is 9.64 Å². The third kappa shape index (κ3) is 4.41. The van der Waals surface area contributed by atoms with Crippen molar-refractivity contribution < 1.29 is 17.9 Å². The van der Waals surface area contributed by atoms with Crippen molar-refractivity contribution in [1.29, 1.82) is 0 Å². The van der Waals surface area contributed by atoms with E-state index >= 15 is 0 Å². The summed E-state index contributed by atoms with van der Waals surface area (Å²) in [7, 11) is -1.73. The maximum atomic E-state index is 12.6. The lowest BCUT2D eigenvalue weighted by molar-refractivity contribution is 0.0672. The van der Waals surface area contributed by atoms with Crippen LogP contribution >= 0.6 is 0 Å². The molecule has 1 saturated heterocycles. The van der Waals surface area contributed by atoms with Crippen molar-refractivity contribution in [3.8, 4) is 5.88 Å². The van der Waals surface area contributed by atoms with Crippen molar-refractivity contribution in [2.24, 2.45) is 5.92 Å². The molecule has 0 saturated carbocycles. The maximum absolute atomic E-state index is 12.6. The summed E-state index contributed by atoms with van der Waals surface area (Å²) in [5.41, 5.74) is 0.432. The van der Waals surface area contributed by atoms with Crippen molar-refractivity contribution in [3.63, 3.8) is 0 Å². The second-order valence-electron chi connectivity index (χ2n) is 5.44. The van der Waals surface area contributed by atoms with Gasteiger partial charge in [-0.1, -0.05) is 0 Å². The normalized spacial score (nSPS) is 19.0. The number of aromatic nitrogens is 1. The Hall–Kier alpha value is -1.67. The zero-order valence-corrected chi connectivity index (χ0v) is 13.6. The molecule has 0 unspecified atom stereocenters. The lowest BCUT2D eigenvalue weighted by atomic mass is 9.98. The van der Waals surface area contributed by atoms with Crippen LogP contribution in [0.3, 0.4) is 0 Å². The molecule has 122 valence electrons. The molecule has 0 aromatic carbocycles.